The summed E-state index contributed by atoms with van der Waals surface area (Å²) in [5.74, 6) is -0.518. The standard InChI is InChI=1S/C9H12N2O6S/c1-2-17-9(13)11-7-4-5(18(14,15)16)3-6(10)8(7)12/h3-4,12H,2,10H2,1H3,(H,11,13)(H,14,15,16). The van der Waals surface area contributed by atoms with Gasteiger partial charge in [-0.25, -0.2) is 4.79 Å². The fraction of sp³-hybridized carbons (Fsp3) is 0.222. The molecule has 9 heteroatoms. The smallest absolute Gasteiger partial charge is 0.411 e. The molecule has 0 aliphatic rings. The molecule has 0 unspecified atom stereocenters. The van der Waals surface area contributed by atoms with Crippen LogP contribution in [0.3, 0.4) is 0 Å². The number of phenolic OH excluding ortho intramolecular Hbond substituents is 1. The van der Waals surface area contributed by atoms with Gasteiger partial charge in [-0.2, -0.15) is 8.42 Å². The van der Waals surface area contributed by atoms with E-state index in [0.717, 1.165) is 12.1 Å². The zero-order valence-electron chi connectivity index (χ0n) is 9.37. The van der Waals surface area contributed by atoms with Crippen LogP contribution >= 0.6 is 0 Å². The van der Waals surface area contributed by atoms with Gasteiger partial charge in [0, 0.05) is 0 Å². The molecule has 0 radical (unpaired) electrons. The second-order valence-electron chi connectivity index (χ2n) is 3.23. The molecule has 0 aliphatic carbocycles. The molecular formula is C9H12N2O6S. The van der Waals surface area contributed by atoms with E-state index in [-0.39, 0.29) is 18.0 Å². The average Bonchev–Trinajstić information content (AvgIpc) is 2.23. The summed E-state index contributed by atoms with van der Waals surface area (Å²) in [6, 6.07) is 1.72. The van der Waals surface area contributed by atoms with Gasteiger partial charge in [0.05, 0.1) is 22.9 Å². The van der Waals surface area contributed by atoms with Crippen molar-refractivity contribution < 1.29 is 27.6 Å². The van der Waals surface area contributed by atoms with Crippen LogP contribution < -0.4 is 11.1 Å². The Hall–Kier alpha value is -2.00. The van der Waals surface area contributed by atoms with E-state index in [2.05, 4.69) is 10.1 Å². The van der Waals surface area contributed by atoms with Crippen molar-refractivity contribution in [2.24, 2.45) is 0 Å². The monoisotopic (exact) mass is 276 g/mol. The van der Waals surface area contributed by atoms with Crippen molar-refractivity contribution in [3.8, 4) is 5.75 Å². The lowest BCUT2D eigenvalue weighted by atomic mass is 10.2. The van der Waals surface area contributed by atoms with Gasteiger partial charge in [-0.3, -0.25) is 9.87 Å². The van der Waals surface area contributed by atoms with Gasteiger partial charge in [0.1, 0.15) is 0 Å². The summed E-state index contributed by atoms with van der Waals surface area (Å²) in [6.45, 7) is 1.67. The summed E-state index contributed by atoms with van der Waals surface area (Å²) in [4.78, 5) is 10.6. The lowest BCUT2D eigenvalue weighted by Gasteiger charge is -2.10. The summed E-state index contributed by atoms with van der Waals surface area (Å²) in [5.41, 5.74) is 4.76. The Labute approximate surface area is 103 Å². The molecule has 100 valence electrons. The number of nitrogens with two attached hydrogens (primary N) is 1. The highest BCUT2D eigenvalue weighted by atomic mass is 32.2. The molecule has 1 amide bonds. The Balaban J connectivity index is 3.19. The molecule has 8 nitrogen and oxygen atoms in total. The molecule has 0 fully saturated rings. The SMILES string of the molecule is CCOC(=O)Nc1cc(S(=O)(=O)O)cc(N)c1O. The Morgan fingerprint density at radius 2 is 2.11 bits per heavy atom. The fourth-order valence-corrected chi connectivity index (χ4v) is 1.69. The van der Waals surface area contributed by atoms with Gasteiger partial charge >= 0.3 is 6.09 Å². The van der Waals surface area contributed by atoms with Crippen molar-refractivity contribution in [2.45, 2.75) is 11.8 Å². The van der Waals surface area contributed by atoms with Gasteiger partial charge in [0.25, 0.3) is 10.1 Å². The van der Waals surface area contributed by atoms with Crippen molar-refractivity contribution >= 4 is 27.6 Å². The molecule has 1 rings (SSSR count). The third kappa shape index (κ3) is 3.25. The fourth-order valence-electron chi connectivity index (χ4n) is 1.15. The third-order valence-corrected chi connectivity index (χ3v) is 2.75. The molecule has 0 saturated heterocycles. The van der Waals surface area contributed by atoms with Gasteiger partial charge in [-0.1, -0.05) is 0 Å². The minimum Gasteiger partial charge on any atom is -0.504 e. The zero-order chi connectivity index (χ0) is 13.9. The number of hydrogen-bond acceptors (Lipinski definition) is 6. The molecule has 1 aromatic rings. The Morgan fingerprint density at radius 1 is 1.50 bits per heavy atom. The number of hydrogen-bond donors (Lipinski definition) is 4. The lowest BCUT2D eigenvalue weighted by molar-refractivity contribution is 0.168. The number of carbonyl (C=O) groups excluding carboxylic acids is 1. The molecule has 0 aromatic heterocycles. The summed E-state index contributed by atoms with van der Waals surface area (Å²) < 4.78 is 35.3. The first kappa shape index (κ1) is 14.1. The normalized spacial score (nSPS) is 11.0. The van der Waals surface area contributed by atoms with Crippen LogP contribution in [-0.2, 0) is 14.9 Å². The number of carbonyl (C=O) groups is 1. The summed E-state index contributed by atoms with van der Waals surface area (Å²) in [5, 5.41) is 11.6. The Morgan fingerprint density at radius 3 is 2.61 bits per heavy atom. The number of phenols is 1. The molecule has 0 bridgehead atoms. The number of aromatic hydroxyl groups is 1. The van der Waals surface area contributed by atoms with Gasteiger partial charge in [-0.05, 0) is 19.1 Å². The van der Waals surface area contributed by atoms with Gasteiger partial charge in [0.2, 0.25) is 0 Å². The van der Waals surface area contributed by atoms with Crippen molar-refractivity contribution in [1.29, 1.82) is 0 Å². The summed E-state index contributed by atoms with van der Waals surface area (Å²) in [6.07, 6.45) is -0.889. The van der Waals surface area contributed by atoms with Gasteiger partial charge in [0.15, 0.2) is 5.75 Å². The van der Waals surface area contributed by atoms with E-state index in [4.69, 9.17) is 10.3 Å². The number of benzene rings is 1. The largest absolute Gasteiger partial charge is 0.504 e. The van der Waals surface area contributed by atoms with Crippen LogP contribution in [0, 0.1) is 0 Å². The molecule has 1 aromatic carbocycles. The van der Waals surface area contributed by atoms with Crippen molar-refractivity contribution in [3.05, 3.63) is 12.1 Å². The molecular weight excluding hydrogens is 264 g/mol. The first-order valence-corrected chi connectivity index (χ1v) is 6.23. The van der Waals surface area contributed by atoms with E-state index in [0.29, 0.717) is 0 Å². The van der Waals surface area contributed by atoms with Crippen LogP contribution in [0.1, 0.15) is 6.92 Å². The molecule has 0 heterocycles. The van der Waals surface area contributed by atoms with Crippen LogP contribution in [0.15, 0.2) is 17.0 Å². The maximum Gasteiger partial charge on any atom is 0.411 e. The number of amides is 1. The number of nitrogens with one attached hydrogen (secondary N) is 1. The molecule has 0 atom stereocenters. The number of anilines is 2. The molecule has 0 aliphatic heterocycles. The number of nitrogen functional groups attached to an aromatic ring is 1. The molecule has 18 heavy (non-hydrogen) atoms. The second kappa shape index (κ2) is 5.10. The van der Waals surface area contributed by atoms with E-state index in [1.165, 1.54) is 0 Å². The van der Waals surface area contributed by atoms with Crippen molar-refractivity contribution in [1.82, 2.24) is 0 Å². The minimum atomic E-state index is -4.50. The van der Waals surface area contributed by atoms with Crippen LogP contribution in [0.25, 0.3) is 0 Å². The Kier molecular flexibility index (Phi) is 3.99. The van der Waals surface area contributed by atoms with Crippen molar-refractivity contribution in [3.63, 3.8) is 0 Å². The first-order valence-electron chi connectivity index (χ1n) is 4.79. The number of ether oxygens (including phenoxy) is 1. The van der Waals surface area contributed by atoms with Crippen LogP contribution in [0.2, 0.25) is 0 Å². The zero-order valence-corrected chi connectivity index (χ0v) is 10.2. The number of rotatable bonds is 3. The maximum absolute atomic E-state index is 11.1. The minimum absolute atomic E-state index is 0.0973. The van der Waals surface area contributed by atoms with Crippen molar-refractivity contribution in [2.75, 3.05) is 17.7 Å². The highest BCUT2D eigenvalue weighted by Crippen LogP contribution is 2.33. The maximum atomic E-state index is 11.1. The van der Waals surface area contributed by atoms with Gasteiger partial charge < -0.3 is 15.6 Å². The highest BCUT2D eigenvalue weighted by Gasteiger charge is 2.17. The third-order valence-electron chi connectivity index (χ3n) is 1.92. The lowest BCUT2D eigenvalue weighted by Crippen LogP contribution is -2.14. The second-order valence-corrected chi connectivity index (χ2v) is 4.65. The van der Waals surface area contributed by atoms with Crippen LogP contribution in [0.4, 0.5) is 16.2 Å². The predicted octanol–water partition coefficient (Wildman–Crippen LogP) is 0.789. The van der Waals surface area contributed by atoms with E-state index < -0.39 is 26.9 Å². The quantitative estimate of drug-likeness (QED) is 0.363. The Bertz CT molecular complexity index is 569. The predicted molar refractivity (Wildman–Crippen MR) is 63.0 cm³/mol. The highest BCUT2D eigenvalue weighted by molar-refractivity contribution is 7.85. The average molecular weight is 276 g/mol. The summed E-state index contributed by atoms with van der Waals surface area (Å²) >= 11 is 0. The van der Waals surface area contributed by atoms with E-state index in [9.17, 15) is 18.3 Å². The molecule has 0 spiro atoms. The van der Waals surface area contributed by atoms with Crippen LogP contribution in [-0.4, -0.2) is 30.8 Å². The van der Waals surface area contributed by atoms with E-state index >= 15 is 0 Å². The molecule has 5 N–H and O–H groups in total. The topological polar surface area (TPSA) is 139 Å². The summed E-state index contributed by atoms with van der Waals surface area (Å²) in [7, 11) is -4.50. The van der Waals surface area contributed by atoms with E-state index in [1.807, 2.05) is 0 Å². The van der Waals surface area contributed by atoms with Gasteiger partial charge in [-0.15, -0.1) is 0 Å². The van der Waals surface area contributed by atoms with Crippen LogP contribution in [0.5, 0.6) is 5.75 Å². The van der Waals surface area contributed by atoms with E-state index in [1.54, 1.807) is 6.92 Å². The molecule has 0 saturated carbocycles. The first-order chi connectivity index (χ1) is 8.25.